The number of para-hydroxylation sites is 2. The van der Waals surface area contributed by atoms with E-state index in [1.54, 1.807) is 0 Å². The van der Waals surface area contributed by atoms with Crippen LogP contribution in [0.4, 0.5) is 5.69 Å². The fourth-order valence-corrected chi connectivity index (χ4v) is 4.81. The van der Waals surface area contributed by atoms with Gasteiger partial charge in [-0.1, -0.05) is 42.8 Å². The standard InChI is InChI=1S/C26H27N3O3/c1-18(30)32-17-29-16-21(19-9-4-6-12-24(19)29)22(15-28-13-7-2-8-14-28)25-20-10-3-5-11-23(20)27-26(25)31/h3-6,9-12,16H,2,7-8,13-15,17H2,1H3,(H,27,31). The molecule has 1 N–H and O–H groups in total. The van der Waals surface area contributed by atoms with Crippen molar-refractivity contribution in [1.82, 2.24) is 9.47 Å². The van der Waals surface area contributed by atoms with Gasteiger partial charge in [-0.05, 0) is 43.6 Å². The summed E-state index contributed by atoms with van der Waals surface area (Å²) in [4.78, 5) is 27.1. The second-order valence-corrected chi connectivity index (χ2v) is 8.48. The number of hydrogen-bond acceptors (Lipinski definition) is 4. The van der Waals surface area contributed by atoms with E-state index in [1.807, 2.05) is 53.2 Å². The molecule has 0 atom stereocenters. The number of carbonyl (C=O) groups excluding carboxylic acids is 2. The van der Waals surface area contributed by atoms with Crippen molar-refractivity contribution in [2.45, 2.75) is 32.9 Å². The van der Waals surface area contributed by atoms with Gasteiger partial charge in [0.25, 0.3) is 5.91 Å². The summed E-state index contributed by atoms with van der Waals surface area (Å²) >= 11 is 0. The average molecular weight is 430 g/mol. The molecule has 1 amide bonds. The van der Waals surface area contributed by atoms with Gasteiger partial charge in [0.05, 0.1) is 11.1 Å². The van der Waals surface area contributed by atoms with E-state index in [0.29, 0.717) is 6.54 Å². The van der Waals surface area contributed by atoms with Crippen LogP contribution in [0.15, 0.2) is 54.7 Å². The minimum atomic E-state index is -0.319. The number of piperidine rings is 1. The van der Waals surface area contributed by atoms with Crippen molar-refractivity contribution in [1.29, 1.82) is 0 Å². The molecule has 6 heteroatoms. The number of likely N-dealkylation sites (tertiary alicyclic amines) is 1. The van der Waals surface area contributed by atoms with Crippen LogP contribution in [-0.4, -0.2) is 41.0 Å². The topological polar surface area (TPSA) is 63.6 Å². The number of benzene rings is 2. The monoisotopic (exact) mass is 429 g/mol. The number of nitrogens with one attached hydrogen (secondary N) is 1. The maximum absolute atomic E-state index is 13.2. The zero-order chi connectivity index (χ0) is 22.1. The Kier molecular flexibility index (Phi) is 5.53. The minimum Gasteiger partial charge on any atom is -0.444 e. The molecule has 0 spiro atoms. The third-order valence-electron chi connectivity index (χ3n) is 6.32. The Hall–Kier alpha value is -3.38. The molecule has 1 saturated heterocycles. The molecule has 0 aliphatic carbocycles. The third kappa shape index (κ3) is 3.82. The number of rotatable bonds is 5. The van der Waals surface area contributed by atoms with Gasteiger partial charge in [-0.2, -0.15) is 0 Å². The van der Waals surface area contributed by atoms with Crippen LogP contribution in [0, 0.1) is 0 Å². The Morgan fingerprint density at radius 1 is 1.03 bits per heavy atom. The summed E-state index contributed by atoms with van der Waals surface area (Å²) in [5.41, 5.74) is 5.55. The van der Waals surface area contributed by atoms with E-state index in [4.69, 9.17) is 4.74 Å². The Balaban J connectivity index is 1.69. The molecule has 5 rings (SSSR count). The van der Waals surface area contributed by atoms with Gasteiger partial charge < -0.3 is 14.6 Å². The zero-order valence-corrected chi connectivity index (χ0v) is 18.3. The molecule has 3 heterocycles. The van der Waals surface area contributed by atoms with E-state index in [0.717, 1.165) is 52.0 Å². The highest BCUT2D eigenvalue weighted by atomic mass is 16.5. The van der Waals surface area contributed by atoms with Crippen LogP contribution in [0.2, 0.25) is 0 Å². The van der Waals surface area contributed by atoms with Crippen LogP contribution in [0.1, 0.15) is 37.3 Å². The lowest BCUT2D eigenvalue weighted by atomic mass is 9.94. The summed E-state index contributed by atoms with van der Waals surface area (Å²) in [6.45, 7) is 4.33. The van der Waals surface area contributed by atoms with Crippen molar-refractivity contribution in [2.24, 2.45) is 0 Å². The first kappa shape index (κ1) is 20.5. The second-order valence-electron chi connectivity index (χ2n) is 8.48. The summed E-state index contributed by atoms with van der Waals surface area (Å²) in [6.07, 6.45) is 5.64. The van der Waals surface area contributed by atoms with Crippen LogP contribution in [0.25, 0.3) is 22.0 Å². The number of aromatic nitrogens is 1. The number of nitrogens with zero attached hydrogens (tertiary/aromatic N) is 2. The molecular formula is C26H27N3O3. The van der Waals surface area contributed by atoms with Crippen molar-refractivity contribution in [2.75, 3.05) is 25.0 Å². The number of hydrogen-bond donors (Lipinski definition) is 1. The Morgan fingerprint density at radius 2 is 1.78 bits per heavy atom. The zero-order valence-electron chi connectivity index (χ0n) is 18.3. The first-order valence-electron chi connectivity index (χ1n) is 11.2. The van der Waals surface area contributed by atoms with Gasteiger partial charge in [-0.3, -0.25) is 14.5 Å². The van der Waals surface area contributed by atoms with Crippen molar-refractivity contribution in [3.8, 4) is 0 Å². The molecule has 6 nitrogen and oxygen atoms in total. The van der Waals surface area contributed by atoms with Gasteiger partial charge in [0, 0.05) is 41.9 Å². The minimum absolute atomic E-state index is 0.0602. The molecule has 2 aliphatic rings. The highest BCUT2D eigenvalue weighted by Gasteiger charge is 2.30. The summed E-state index contributed by atoms with van der Waals surface area (Å²) in [7, 11) is 0. The molecule has 0 radical (unpaired) electrons. The highest BCUT2D eigenvalue weighted by Crippen LogP contribution is 2.40. The molecule has 3 aromatic rings. The lowest BCUT2D eigenvalue weighted by molar-refractivity contribution is -0.144. The fraction of sp³-hybridized carbons (Fsp3) is 0.308. The van der Waals surface area contributed by atoms with Crippen LogP contribution in [-0.2, 0) is 21.1 Å². The molecule has 2 aromatic carbocycles. The van der Waals surface area contributed by atoms with Crippen molar-refractivity contribution in [3.05, 3.63) is 65.9 Å². The Morgan fingerprint density at radius 3 is 2.59 bits per heavy atom. The largest absolute Gasteiger partial charge is 0.444 e. The van der Waals surface area contributed by atoms with E-state index in [9.17, 15) is 9.59 Å². The van der Waals surface area contributed by atoms with Gasteiger partial charge in [-0.25, -0.2) is 0 Å². The third-order valence-corrected chi connectivity index (χ3v) is 6.32. The van der Waals surface area contributed by atoms with Gasteiger partial charge in [-0.15, -0.1) is 0 Å². The van der Waals surface area contributed by atoms with Crippen LogP contribution >= 0.6 is 0 Å². The lowest BCUT2D eigenvalue weighted by Gasteiger charge is -2.28. The predicted molar refractivity (Wildman–Crippen MR) is 126 cm³/mol. The lowest BCUT2D eigenvalue weighted by Crippen LogP contribution is -2.31. The maximum Gasteiger partial charge on any atom is 0.304 e. The summed E-state index contributed by atoms with van der Waals surface area (Å²) in [6, 6.07) is 16.0. The van der Waals surface area contributed by atoms with E-state index in [2.05, 4.69) is 16.3 Å². The van der Waals surface area contributed by atoms with Gasteiger partial charge in [0.2, 0.25) is 0 Å². The molecule has 0 unspecified atom stereocenters. The SMILES string of the molecule is CC(=O)OCn1cc(C(CN2CCCCC2)=C2C(=O)Nc3ccccc32)c2ccccc21. The Bertz CT molecular complexity index is 1220. The second kappa shape index (κ2) is 8.63. The Labute approximate surface area is 187 Å². The van der Waals surface area contributed by atoms with Crippen LogP contribution in [0.3, 0.4) is 0 Å². The maximum atomic E-state index is 13.2. The van der Waals surface area contributed by atoms with Crippen molar-refractivity contribution < 1.29 is 14.3 Å². The first-order chi connectivity index (χ1) is 15.6. The van der Waals surface area contributed by atoms with E-state index in [-0.39, 0.29) is 18.6 Å². The van der Waals surface area contributed by atoms with Crippen LogP contribution in [0.5, 0.6) is 0 Å². The van der Waals surface area contributed by atoms with Gasteiger partial charge in [0.1, 0.15) is 0 Å². The van der Waals surface area contributed by atoms with Crippen molar-refractivity contribution in [3.63, 3.8) is 0 Å². The molecular weight excluding hydrogens is 402 g/mol. The van der Waals surface area contributed by atoms with E-state index in [1.165, 1.54) is 26.2 Å². The fourth-order valence-electron chi connectivity index (χ4n) is 4.81. The number of anilines is 1. The molecule has 2 aliphatic heterocycles. The normalized spacial score (nSPS) is 17.8. The summed E-state index contributed by atoms with van der Waals surface area (Å²) in [5.74, 6) is -0.379. The molecule has 1 fully saturated rings. The van der Waals surface area contributed by atoms with Gasteiger partial charge in [0.15, 0.2) is 6.73 Å². The summed E-state index contributed by atoms with van der Waals surface area (Å²) in [5, 5.41) is 4.09. The molecule has 0 bridgehead atoms. The van der Waals surface area contributed by atoms with Gasteiger partial charge >= 0.3 is 5.97 Å². The van der Waals surface area contributed by atoms with Crippen molar-refractivity contribution >= 4 is 39.6 Å². The number of amides is 1. The number of carbonyl (C=O) groups is 2. The summed E-state index contributed by atoms with van der Waals surface area (Å²) < 4.78 is 7.25. The quantitative estimate of drug-likeness (QED) is 0.479. The molecule has 32 heavy (non-hydrogen) atoms. The van der Waals surface area contributed by atoms with E-state index < -0.39 is 0 Å². The highest BCUT2D eigenvalue weighted by molar-refractivity contribution is 6.37. The van der Waals surface area contributed by atoms with Crippen LogP contribution < -0.4 is 5.32 Å². The first-order valence-corrected chi connectivity index (χ1v) is 11.2. The number of esters is 1. The molecule has 1 aromatic heterocycles. The molecule has 164 valence electrons. The van der Waals surface area contributed by atoms with E-state index >= 15 is 0 Å². The average Bonchev–Trinajstić information content (AvgIpc) is 3.34. The number of fused-ring (bicyclic) bond motifs is 2. The molecule has 0 saturated carbocycles. The smallest absolute Gasteiger partial charge is 0.304 e. The number of ether oxygens (including phenoxy) is 1. The predicted octanol–water partition coefficient (Wildman–Crippen LogP) is 4.51.